The molecule has 6 nitrogen and oxygen atoms in total. The molecule has 0 radical (unpaired) electrons. The summed E-state index contributed by atoms with van der Waals surface area (Å²) in [5.74, 6) is 0.324. The van der Waals surface area contributed by atoms with Crippen LogP contribution in [0.2, 0.25) is 5.02 Å². The lowest BCUT2D eigenvalue weighted by atomic mass is 9.95. The molecule has 0 bridgehead atoms. The quantitative estimate of drug-likeness (QED) is 0.873. The maximum atomic E-state index is 12.4. The molecule has 132 valence electrons. The lowest BCUT2D eigenvalue weighted by Gasteiger charge is -2.22. The predicted octanol–water partition coefficient (Wildman–Crippen LogP) is 2.39. The van der Waals surface area contributed by atoms with Crippen LogP contribution >= 0.6 is 11.6 Å². The molecule has 2 N–H and O–H groups in total. The van der Waals surface area contributed by atoms with Crippen LogP contribution in [0.4, 0.5) is 0 Å². The fraction of sp³-hybridized carbons (Fsp3) is 0.389. The molecule has 3 heterocycles. The lowest BCUT2D eigenvalue weighted by molar-refractivity contribution is 0.0945. The molecule has 0 saturated carbocycles. The molecular formula is C18H20ClN3O3. The minimum absolute atomic E-state index is 0.0274. The van der Waals surface area contributed by atoms with Crippen molar-refractivity contribution in [2.45, 2.75) is 32.2 Å². The Morgan fingerprint density at radius 1 is 1.52 bits per heavy atom. The van der Waals surface area contributed by atoms with Crippen molar-refractivity contribution in [1.82, 2.24) is 15.6 Å². The molecule has 1 fully saturated rings. The third-order valence-corrected chi connectivity index (χ3v) is 4.69. The van der Waals surface area contributed by atoms with Crippen molar-refractivity contribution in [3.8, 4) is 0 Å². The number of amides is 1. The van der Waals surface area contributed by atoms with Crippen LogP contribution < -0.4 is 16.3 Å². The maximum Gasteiger partial charge on any atom is 0.349 e. The summed E-state index contributed by atoms with van der Waals surface area (Å²) in [4.78, 5) is 28.8. The van der Waals surface area contributed by atoms with Gasteiger partial charge in [-0.3, -0.25) is 9.78 Å². The van der Waals surface area contributed by atoms with Gasteiger partial charge in [0.2, 0.25) is 0 Å². The number of rotatable bonds is 4. The molecule has 2 aromatic heterocycles. The van der Waals surface area contributed by atoms with Crippen molar-refractivity contribution >= 4 is 17.5 Å². The highest BCUT2D eigenvalue weighted by molar-refractivity contribution is 6.31. The number of piperidine rings is 1. The predicted molar refractivity (Wildman–Crippen MR) is 95.0 cm³/mol. The molecule has 0 spiro atoms. The first-order valence-corrected chi connectivity index (χ1v) is 8.67. The smallest absolute Gasteiger partial charge is 0.349 e. The minimum atomic E-state index is -0.606. The first kappa shape index (κ1) is 17.6. The van der Waals surface area contributed by atoms with E-state index in [1.807, 2.05) is 0 Å². The summed E-state index contributed by atoms with van der Waals surface area (Å²) in [6.07, 6.45) is 3.61. The molecule has 7 heteroatoms. The number of pyridine rings is 1. The highest BCUT2D eigenvalue weighted by atomic mass is 35.5. The minimum Gasteiger partial charge on any atom is -0.427 e. The summed E-state index contributed by atoms with van der Waals surface area (Å²) in [5.41, 5.74) is 0.579. The summed E-state index contributed by atoms with van der Waals surface area (Å²) in [5, 5.41) is 6.44. The number of hydrogen-bond donors (Lipinski definition) is 2. The van der Waals surface area contributed by atoms with Crippen LogP contribution in [0.25, 0.3) is 0 Å². The average Bonchev–Trinajstić information content (AvgIpc) is 2.61. The van der Waals surface area contributed by atoms with Gasteiger partial charge >= 0.3 is 5.63 Å². The zero-order valence-electron chi connectivity index (χ0n) is 14.0. The van der Waals surface area contributed by atoms with E-state index in [9.17, 15) is 9.59 Å². The van der Waals surface area contributed by atoms with Gasteiger partial charge in [-0.25, -0.2) is 4.79 Å². The van der Waals surface area contributed by atoms with E-state index in [0.717, 1.165) is 25.9 Å². The number of halogens is 1. The van der Waals surface area contributed by atoms with Gasteiger partial charge in [0.15, 0.2) is 0 Å². The van der Waals surface area contributed by atoms with Crippen molar-refractivity contribution in [2.24, 2.45) is 0 Å². The van der Waals surface area contributed by atoms with Crippen molar-refractivity contribution in [2.75, 3.05) is 13.1 Å². The van der Waals surface area contributed by atoms with Crippen LogP contribution in [-0.2, 0) is 6.54 Å². The van der Waals surface area contributed by atoms with Crippen molar-refractivity contribution < 1.29 is 9.21 Å². The normalized spacial score (nSPS) is 17.3. The Hall–Kier alpha value is -2.18. The topological polar surface area (TPSA) is 84.2 Å². The fourth-order valence-corrected chi connectivity index (χ4v) is 3.19. The number of carbonyl (C=O) groups excluding carboxylic acids is 1. The molecule has 2 aromatic rings. The number of aryl methyl sites for hydroxylation is 1. The van der Waals surface area contributed by atoms with E-state index in [1.54, 1.807) is 31.3 Å². The summed E-state index contributed by atoms with van der Waals surface area (Å²) < 4.78 is 5.43. The number of aromatic nitrogens is 1. The second-order valence-corrected chi connectivity index (χ2v) is 6.56. The second-order valence-electron chi connectivity index (χ2n) is 6.15. The number of nitrogens with zero attached hydrogens (tertiary/aromatic N) is 1. The van der Waals surface area contributed by atoms with Gasteiger partial charge in [0.25, 0.3) is 5.91 Å². The number of carbonyl (C=O) groups is 1. The molecule has 1 unspecified atom stereocenters. The van der Waals surface area contributed by atoms with E-state index in [-0.39, 0.29) is 18.0 Å². The Morgan fingerprint density at radius 2 is 2.36 bits per heavy atom. The summed E-state index contributed by atoms with van der Waals surface area (Å²) in [6, 6.07) is 5.20. The molecule has 1 amide bonds. The molecule has 1 atom stereocenters. The Kier molecular flexibility index (Phi) is 5.50. The third-order valence-electron chi connectivity index (χ3n) is 4.35. The van der Waals surface area contributed by atoms with Gasteiger partial charge < -0.3 is 15.1 Å². The van der Waals surface area contributed by atoms with Gasteiger partial charge in [-0.2, -0.15) is 0 Å². The number of nitrogens with one attached hydrogen (secondary N) is 2. The Labute approximate surface area is 150 Å². The Bertz CT molecular complexity index is 829. The van der Waals surface area contributed by atoms with E-state index >= 15 is 0 Å². The third kappa shape index (κ3) is 4.08. The molecule has 1 aliphatic heterocycles. The van der Waals surface area contributed by atoms with Gasteiger partial charge in [-0.15, -0.1) is 0 Å². The molecule has 3 rings (SSSR count). The van der Waals surface area contributed by atoms with Gasteiger partial charge in [0.1, 0.15) is 11.3 Å². The number of hydrogen-bond acceptors (Lipinski definition) is 5. The van der Waals surface area contributed by atoms with E-state index in [2.05, 4.69) is 15.6 Å². The molecule has 1 saturated heterocycles. The van der Waals surface area contributed by atoms with Crippen LogP contribution in [0, 0.1) is 6.92 Å². The zero-order chi connectivity index (χ0) is 17.8. The van der Waals surface area contributed by atoms with Crippen molar-refractivity contribution in [3.63, 3.8) is 0 Å². The van der Waals surface area contributed by atoms with Crippen molar-refractivity contribution in [1.29, 1.82) is 0 Å². The summed E-state index contributed by atoms with van der Waals surface area (Å²) in [7, 11) is 0. The summed E-state index contributed by atoms with van der Waals surface area (Å²) in [6.45, 7) is 3.66. The van der Waals surface area contributed by atoms with Gasteiger partial charge in [0.05, 0.1) is 17.3 Å². The van der Waals surface area contributed by atoms with Crippen molar-refractivity contribution in [3.05, 3.63) is 62.4 Å². The first-order chi connectivity index (χ1) is 12.1. The highest BCUT2D eigenvalue weighted by Gasteiger charge is 2.22. The van der Waals surface area contributed by atoms with E-state index in [0.29, 0.717) is 22.0 Å². The first-order valence-electron chi connectivity index (χ1n) is 8.29. The van der Waals surface area contributed by atoms with Gasteiger partial charge in [-0.05, 0) is 50.1 Å². The SMILES string of the molecule is Cc1cc(C2CCCNC2)oc(=O)c1C(=O)NCc1ncccc1Cl. The van der Waals surface area contributed by atoms with Crippen LogP contribution in [0.15, 0.2) is 33.6 Å². The average molecular weight is 362 g/mol. The monoisotopic (exact) mass is 361 g/mol. The summed E-state index contributed by atoms with van der Waals surface area (Å²) >= 11 is 6.02. The van der Waals surface area contributed by atoms with E-state index in [1.165, 1.54) is 0 Å². The maximum absolute atomic E-state index is 12.4. The van der Waals surface area contributed by atoms with E-state index < -0.39 is 11.5 Å². The molecule has 25 heavy (non-hydrogen) atoms. The lowest BCUT2D eigenvalue weighted by Crippen LogP contribution is -2.31. The standard InChI is InChI=1S/C18H20ClN3O3/c1-11-8-15(12-4-2-6-20-9-12)25-18(24)16(11)17(23)22-10-14-13(19)5-3-7-21-14/h3,5,7-8,12,20H,2,4,6,9-10H2,1H3,(H,22,23). The Morgan fingerprint density at radius 3 is 3.04 bits per heavy atom. The highest BCUT2D eigenvalue weighted by Crippen LogP contribution is 2.23. The molecule has 0 aliphatic carbocycles. The second kappa shape index (κ2) is 7.80. The molecule has 0 aromatic carbocycles. The van der Waals surface area contributed by atoms with Gasteiger partial charge in [-0.1, -0.05) is 11.6 Å². The Balaban J connectivity index is 1.76. The van der Waals surface area contributed by atoms with Crippen LogP contribution in [-0.4, -0.2) is 24.0 Å². The van der Waals surface area contributed by atoms with Crippen LogP contribution in [0.1, 0.15) is 46.1 Å². The molecular weight excluding hydrogens is 342 g/mol. The molecule has 1 aliphatic rings. The van der Waals surface area contributed by atoms with Gasteiger partial charge in [0, 0.05) is 18.7 Å². The zero-order valence-corrected chi connectivity index (χ0v) is 14.7. The van der Waals surface area contributed by atoms with Crippen LogP contribution in [0.3, 0.4) is 0 Å². The largest absolute Gasteiger partial charge is 0.427 e. The fourth-order valence-electron chi connectivity index (χ4n) is 3.00. The van der Waals surface area contributed by atoms with Crippen LogP contribution in [0.5, 0.6) is 0 Å². The van der Waals surface area contributed by atoms with E-state index in [4.69, 9.17) is 16.0 Å².